The van der Waals surface area contributed by atoms with E-state index in [9.17, 15) is 0 Å². The topological polar surface area (TPSA) is 27.2 Å². The quantitative estimate of drug-likeness (QED) is 0.257. The minimum absolute atomic E-state index is 0.935. The lowest BCUT2D eigenvalue weighted by Gasteiger charge is -2.11. The van der Waals surface area contributed by atoms with E-state index < -0.39 is 0 Å². The number of aromatic nitrogens is 4. The van der Waals surface area contributed by atoms with Gasteiger partial charge < -0.3 is 4.57 Å². The zero-order valence-electron chi connectivity index (χ0n) is 19.8. The van der Waals surface area contributed by atoms with E-state index in [0.29, 0.717) is 0 Å². The van der Waals surface area contributed by atoms with Gasteiger partial charge in [0.25, 0.3) is 0 Å². The molecule has 0 aliphatic carbocycles. The summed E-state index contributed by atoms with van der Waals surface area (Å²) in [5.41, 5.74) is 10.4. The van der Waals surface area contributed by atoms with Crippen LogP contribution in [0.3, 0.4) is 0 Å². The summed E-state index contributed by atoms with van der Waals surface area (Å²) in [6, 6.07) is 40.9. The highest BCUT2D eigenvalue weighted by Gasteiger charge is 2.22. The third-order valence-electron chi connectivity index (χ3n) is 7.36. The summed E-state index contributed by atoms with van der Waals surface area (Å²) in [5, 5.41) is 2.46. The second kappa shape index (κ2) is 7.09. The van der Waals surface area contributed by atoms with E-state index in [0.717, 1.165) is 28.2 Å². The van der Waals surface area contributed by atoms with Gasteiger partial charge in [-0.15, -0.1) is 0 Å². The minimum atomic E-state index is 0.935. The van der Waals surface area contributed by atoms with Crippen LogP contribution in [0.15, 0.2) is 115 Å². The van der Waals surface area contributed by atoms with Gasteiger partial charge in [-0.05, 0) is 61.0 Å². The van der Waals surface area contributed by atoms with Crippen LogP contribution >= 0.6 is 0 Å². The maximum absolute atomic E-state index is 5.14. The molecule has 0 unspecified atom stereocenters. The van der Waals surface area contributed by atoms with Crippen LogP contribution in [0.5, 0.6) is 0 Å². The number of benzene rings is 5. The monoisotopic (exact) mass is 462 g/mol. The number of aryl methyl sites for hydroxylation is 1. The van der Waals surface area contributed by atoms with E-state index in [1.807, 2.05) is 0 Å². The molecule has 36 heavy (non-hydrogen) atoms. The fourth-order valence-electron chi connectivity index (χ4n) is 5.89. The van der Waals surface area contributed by atoms with Crippen LogP contribution in [0.25, 0.3) is 61.0 Å². The highest BCUT2D eigenvalue weighted by atomic mass is 15.2. The number of fused-ring (bicyclic) bond motifs is 8. The molecular weight excluding hydrogens is 440 g/mol. The Hall–Kier alpha value is -4.83. The predicted molar refractivity (Wildman–Crippen MR) is 149 cm³/mol. The van der Waals surface area contributed by atoms with Crippen LogP contribution in [0.1, 0.15) is 5.56 Å². The molecule has 5 aromatic carbocycles. The van der Waals surface area contributed by atoms with Gasteiger partial charge in [0.05, 0.1) is 38.8 Å². The van der Waals surface area contributed by atoms with E-state index in [-0.39, 0.29) is 0 Å². The Morgan fingerprint density at radius 3 is 2.14 bits per heavy atom. The zero-order valence-corrected chi connectivity index (χ0v) is 19.8. The van der Waals surface area contributed by atoms with Crippen molar-refractivity contribution in [2.75, 3.05) is 0 Å². The van der Waals surface area contributed by atoms with E-state index in [1.165, 1.54) is 38.4 Å². The first-order chi connectivity index (χ1) is 17.8. The lowest BCUT2D eigenvalue weighted by Crippen LogP contribution is -1.98. The molecule has 8 rings (SSSR count). The molecule has 0 spiro atoms. The van der Waals surface area contributed by atoms with Crippen molar-refractivity contribution >= 4 is 49.7 Å². The van der Waals surface area contributed by atoms with Crippen LogP contribution in [-0.4, -0.2) is 18.5 Å². The van der Waals surface area contributed by atoms with Gasteiger partial charge in [-0.1, -0.05) is 66.7 Å². The molecule has 3 heterocycles. The fraction of sp³-hybridized carbons (Fsp3) is 0.0312. The average molecular weight is 463 g/mol. The Balaban J connectivity index is 1.61. The summed E-state index contributed by atoms with van der Waals surface area (Å²) < 4.78 is 7.02. The van der Waals surface area contributed by atoms with Crippen molar-refractivity contribution in [3.63, 3.8) is 0 Å². The second-order valence-corrected chi connectivity index (χ2v) is 9.37. The molecule has 0 bridgehead atoms. The Morgan fingerprint density at radius 2 is 1.25 bits per heavy atom. The van der Waals surface area contributed by atoms with Crippen molar-refractivity contribution in [3.05, 3.63) is 121 Å². The molecule has 0 atom stereocenters. The van der Waals surface area contributed by atoms with Crippen LogP contribution < -0.4 is 0 Å². The minimum Gasteiger partial charge on any atom is -0.309 e. The first-order valence-corrected chi connectivity index (χ1v) is 12.3. The standard InChI is InChI=1S/C32H22N4/c1-21-11-9-20-29-31(21)36(32-33-24-15-6-8-17-26(24)35(29)32)28-19-10-18-27-30(28)23-14-5-7-16-25(23)34(27)22-12-3-2-4-13-22/h2-20H,1H3. The molecule has 0 aliphatic heterocycles. The molecule has 170 valence electrons. The average Bonchev–Trinajstić information content (AvgIpc) is 3.57. The number of rotatable bonds is 2. The van der Waals surface area contributed by atoms with Gasteiger partial charge in [0.1, 0.15) is 0 Å². The summed E-state index contributed by atoms with van der Waals surface area (Å²) in [4.78, 5) is 5.14. The normalized spacial score (nSPS) is 12.0. The molecule has 0 aliphatic rings. The van der Waals surface area contributed by atoms with Crippen LogP contribution in [0.2, 0.25) is 0 Å². The molecule has 0 radical (unpaired) electrons. The summed E-state index contributed by atoms with van der Waals surface area (Å²) >= 11 is 0. The summed E-state index contributed by atoms with van der Waals surface area (Å²) in [6.07, 6.45) is 0. The molecular formula is C32H22N4. The molecule has 8 aromatic rings. The number of hydrogen-bond acceptors (Lipinski definition) is 1. The van der Waals surface area contributed by atoms with Crippen molar-refractivity contribution in [1.29, 1.82) is 0 Å². The van der Waals surface area contributed by atoms with E-state index in [1.54, 1.807) is 0 Å². The summed E-state index contributed by atoms with van der Waals surface area (Å²) in [5.74, 6) is 0.935. The highest BCUT2D eigenvalue weighted by molar-refractivity contribution is 6.14. The van der Waals surface area contributed by atoms with Crippen molar-refractivity contribution < 1.29 is 0 Å². The van der Waals surface area contributed by atoms with Crippen molar-refractivity contribution in [3.8, 4) is 11.4 Å². The van der Waals surface area contributed by atoms with Gasteiger partial charge in [0.15, 0.2) is 0 Å². The Labute approximate surface area is 207 Å². The third kappa shape index (κ3) is 2.45. The Kier molecular flexibility index (Phi) is 3.84. The molecule has 0 fully saturated rings. The van der Waals surface area contributed by atoms with E-state index in [4.69, 9.17) is 4.98 Å². The fourth-order valence-corrected chi connectivity index (χ4v) is 5.89. The number of hydrogen-bond donors (Lipinski definition) is 0. The second-order valence-electron chi connectivity index (χ2n) is 9.37. The highest BCUT2D eigenvalue weighted by Crippen LogP contribution is 2.39. The van der Waals surface area contributed by atoms with Crippen LogP contribution in [0, 0.1) is 6.92 Å². The predicted octanol–water partition coefficient (Wildman–Crippen LogP) is 7.84. The van der Waals surface area contributed by atoms with Gasteiger partial charge >= 0.3 is 0 Å². The van der Waals surface area contributed by atoms with Crippen LogP contribution in [0.4, 0.5) is 0 Å². The lowest BCUT2D eigenvalue weighted by atomic mass is 10.1. The van der Waals surface area contributed by atoms with Crippen molar-refractivity contribution in [2.45, 2.75) is 6.92 Å². The number of nitrogens with zero attached hydrogens (tertiary/aromatic N) is 4. The lowest BCUT2D eigenvalue weighted by molar-refractivity contribution is 1.11. The Morgan fingerprint density at radius 1 is 0.556 bits per heavy atom. The molecule has 4 heteroatoms. The van der Waals surface area contributed by atoms with Gasteiger partial charge in [-0.25, -0.2) is 4.98 Å². The molecule has 3 aromatic heterocycles. The largest absolute Gasteiger partial charge is 0.309 e. The molecule has 0 amide bonds. The third-order valence-corrected chi connectivity index (χ3v) is 7.36. The van der Waals surface area contributed by atoms with E-state index in [2.05, 4.69) is 136 Å². The molecule has 0 saturated carbocycles. The zero-order chi connectivity index (χ0) is 23.8. The van der Waals surface area contributed by atoms with Gasteiger partial charge in [0.2, 0.25) is 5.78 Å². The molecule has 0 N–H and O–H groups in total. The summed E-state index contributed by atoms with van der Waals surface area (Å²) in [7, 11) is 0. The van der Waals surface area contributed by atoms with Gasteiger partial charge in [0, 0.05) is 16.5 Å². The number of para-hydroxylation sites is 5. The number of imidazole rings is 2. The Bertz CT molecular complexity index is 2110. The molecule has 4 nitrogen and oxygen atoms in total. The van der Waals surface area contributed by atoms with Crippen molar-refractivity contribution in [2.24, 2.45) is 0 Å². The van der Waals surface area contributed by atoms with E-state index >= 15 is 0 Å². The van der Waals surface area contributed by atoms with Crippen molar-refractivity contribution in [1.82, 2.24) is 18.5 Å². The first kappa shape index (κ1) is 19.5. The maximum Gasteiger partial charge on any atom is 0.220 e. The SMILES string of the molecule is Cc1cccc2c1n(-c1cccc3c1c1ccccc1n3-c1ccccc1)c1nc3ccccc3n21. The molecule has 0 saturated heterocycles. The maximum atomic E-state index is 5.14. The summed E-state index contributed by atoms with van der Waals surface area (Å²) in [6.45, 7) is 2.19. The first-order valence-electron chi connectivity index (χ1n) is 12.3. The van der Waals surface area contributed by atoms with Gasteiger partial charge in [-0.3, -0.25) is 8.97 Å². The van der Waals surface area contributed by atoms with Gasteiger partial charge in [-0.2, -0.15) is 0 Å². The smallest absolute Gasteiger partial charge is 0.220 e. The van der Waals surface area contributed by atoms with Crippen LogP contribution in [-0.2, 0) is 0 Å².